The van der Waals surface area contributed by atoms with Crippen molar-refractivity contribution in [1.82, 2.24) is 4.57 Å². The molecule has 4 nitrogen and oxygen atoms in total. The molecule has 6 heteroatoms. The molecule has 15 heavy (non-hydrogen) atoms. The zero-order valence-electron chi connectivity index (χ0n) is 7.87. The summed E-state index contributed by atoms with van der Waals surface area (Å²) in [6.45, 7) is -0.358. The Morgan fingerprint density at radius 1 is 1.67 bits per heavy atom. The molecule has 0 saturated carbocycles. The Hall–Kier alpha value is -1.02. The fraction of sp³-hybridized carbons (Fsp3) is 0.333. The highest BCUT2D eigenvalue weighted by Gasteiger charge is 2.16. The molecule has 0 radical (unpaired) electrons. The van der Waals surface area contributed by atoms with E-state index < -0.39 is 10.4 Å². The molecule has 0 atom stereocenters. The number of pyridine rings is 1. The van der Waals surface area contributed by atoms with E-state index in [1.165, 1.54) is 17.7 Å². The van der Waals surface area contributed by atoms with Gasteiger partial charge in [-0.25, -0.2) is 0 Å². The first-order valence-corrected chi connectivity index (χ1v) is 4.92. The number of nitriles is 1. The lowest BCUT2D eigenvalue weighted by Gasteiger charge is -2.12. The third-order valence-corrected chi connectivity index (χ3v) is 2.55. The minimum atomic E-state index is -0.883. The summed E-state index contributed by atoms with van der Waals surface area (Å²) in [5.74, 6) is 0. The second-order valence-electron chi connectivity index (χ2n) is 2.89. The van der Waals surface area contributed by atoms with Crippen molar-refractivity contribution in [3.8, 4) is 6.07 Å². The molecule has 1 N–H and O–H groups in total. The Balaban J connectivity index is 3.61. The predicted octanol–water partition coefficient (Wildman–Crippen LogP) is 1.23. The normalized spacial score (nSPS) is 10.4. The third-order valence-electron chi connectivity index (χ3n) is 2.08. The van der Waals surface area contributed by atoms with Crippen molar-refractivity contribution in [3.63, 3.8) is 0 Å². The number of alkyl halides is 2. The number of rotatable bonds is 2. The van der Waals surface area contributed by atoms with Gasteiger partial charge in [0.05, 0.1) is 12.3 Å². The summed E-state index contributed by atoms with van der Waals surface area (Å²) in [7, 11) is 1.45. The van der Waals surface area contributed by atoms with Crippen LogP contribution in [0, 0.1) is 11.3 Å². The van der Waals surface area contributed by atoms with E-state index in [4.69, 9.17) is 33.6 Å². The van der Waals surface area contributed by atoms with E-state index in [2.05, 4.69) is 0 Å². The molecule has 0 bridgehead atoms. The van der Waals surface area contributed by atoms with E-state index >= 15 is 0 Å². The number of aliphatic hydroxyl groups is 1. The summed E-state index contributed by atoms with van der Waals surface area (Å²) in [5.41, 5.74) is 0.170. The predicted molar refractivity (Wildman–Crippen MR) is 56.8 cm³/mol. The van der Waals surface area contributed by atoms with E-state index in [0.717, 1.165) is 0 Å². The molecule has 0 aromatic carbocycles. The smallest absolute Gasteiger partial charge is 0.268 e. The summed E-state index contributed by atoms with van der Waals surface area (Å²) in [6.07, 6.45) is 0. The summed E-state index contributed by atoms with van der Waals surface area (Å²) in [4.78, 5) is 10.6. The maximum Gasteiger partial charge on any atom is 0.268 e. The molecule has 0 amide bonds. The summed E-state index contributed by atoms with van der Waals surface area (Å²) < 4.78 is 1.17. The number of hydrogen-bond donors (Lipinski definition) is 1. The standard InChI is InChI=1S/C9H8Cl2N2O2/c1-13-7(4-14)6(8(10)11)2-5(3-12)9(13)15/h2,8,14H,4H2,1H3. The number of aliphatic hydroxyl groups excluding tert-OH is 1. The van der Waals surface area contributed by atoms with Gasteiger partial charge < -0.3 is 9.67 Å². The van der Waals surface area contributed by atoms with Crippen molar-refractivity contribution in [2.75, 3.05) is 0 Å². The van der Waals surface area contributed by atoms with Gasteiger partial charge in [0.25, 0.3) is 5.56 Å². The second kappa shape index (κ2) is 4.67. The van der Waals surface area contributed by atoms with Crippen LogP contribution >= 0.6 is 23.2 Å². The van der Waals surface area contributed by atoms with Crippen molar-refractivity contribution in [1.29, 1.82) is 5.26 Å². The summed E-state index contributed by atoms with van der Waals surface area (Å²) in [6, 6.07) is 3.05. The fourth-order valence-electron chi connectivity index (χ4n) is 1.26. The molecule has 80 valence electrons. The highest BCUT2D eigenvalue weighted by Crippen LogP contribution is 2.27. The molecule has 0 spiro atoms. The van der Waals surface area contributed by atoms with Crippen LogP contribution in [-0.4, -0.2) is 9.67 Å². The number of nitrogens with zero attached hydrogens (tertiary/aromatic N) is 2. The van der Waals surface area contributed by atoms with Crippen LogP contribution in [0.5, 0.6) is 0 Å². The molecule has 0 unspecified atom stereocenters. The maximum absolute atomic E-state index is 11.5. The highest BCUT2D eigenvalue weighted by molar-refractivity contribution is 6.44. The quantitative estimate of drug-likeness (QED) is 0.799. The average Bonchev–Trinajstić information content (AvgIpc) is 2.21. The first-order valence-electron chi connectivity index (χ1n) is 4.04. The van der Waals surface area contributed by atoms with Crippen molar-refractivity contribution in [2.45, 2.75) is 11.4 Å². The van der Waals surface area contributed by atoms with Crippen molar-refractivity contribution < 1.29 is 5.11 Å². The van der Waals surface area contributed by atoms with E-state index in [9.17, 15) is 4.79 Å². The number of halogens is 2. The van der Waals surface area contributed by atoms with Gasteiger partial charge in [0, 0.05) is 12.6 Å². The zero-order chi connectivity index (χ0) is 11.6. The highest BCUT2D eigenvalue weighted by atomic mass is 35.5. The van der Waals surface area contributed by atoms with E-state index in [0.29, 0.717) is 11.3 Å². The Bertz CT molecular complexity index is 474. The van der Waals surface area contributed by atoms with Gasteiger partial charge in [-0.15, -0.1) is 0 Å². The SMILES string of the molecule is Cn1c(CO)c(C(Cl)Cl)cc(C#N)c1=O. The van der Waals surface area contributed by atoms with Crippen LogP contribution in [0.4, 0.5) is 0 Å². The minimum absolute atomic E-state index is 0.0454. The molecule has 1 aromatic rings. The van der Waals surface area contributed by atoms with Gasteiger partial charge in [0.15, 0.2) is 0 Å². The zero-order valence-corrected chi connectivity index (χ0v) is 9.38. The maximum atomic E-state index is 11.5. The van der Waals surface area contributed by atoms with Crippen LogP contribution in [0.3, 0.4) is 0 Å². The summed E-state index contributed by atoms with van der Waals surface area (Å²) >= 11 is 11.3. The molecule has 0 fully saturated rings. The topological polar surface area (TPSA) is 66.0 Å². The molecule has 0 aliphatic heterocycles. The lowest BCUT2D eigenvalue weighted by Crippen LogP contribution is -2.24. The fourth-order valence-corrected chi connectivity index (χ4v) is 1.64. The van der Waals surface area contributed by atoms with Gasteiger partial charge in [-0.05, 0) is 6.07 Å². The van der Waals surface area contributed by atoms with Crippen molar-refractivity contribution >= 4 is 23.2 Å². The first-order chi connectivity index (χ1) is 7.02. The molecule has 0 aliphatic carbocycles. The van der Waals surface area contributed by atoms with Crippen molar-refractivity contribution in [3.05, 3.63) is 33.2 Å². The summed E-state index contributed by atoms with van der Waals surface area (Å²) in [5, 5.41) is 17.8. The van der Waals surface area contributed by atoms with Crippen molar-refractivity contribution in [2.24, 2.45) is 7.05 Å². The largest absolute Gasteiger partial charge is 0.390 e. The average molecular weight is 247 g/mol. The Kier molecular flexibility index (Phi) is 3.75. The molecule has 1 heterocycles. The Morgan fingerprint density at radius 2 is 2.27 bits per heavy atom. The van der Waals surface area contributed by atoms with Gasteiger partial charge in [-0.3, -0.25) is 4.79 Å². The van der Waals surface area contributed by atoms with Crippen LogP contribution < -0.4 is 5.56 Å². The van der Waals surface area contributed by atoms with Crippen LogP contribution in [-0.2, 0) is 13.7 Å². The van der Waals surface area contributed by atoms with Crippen LogP contribution in [0.2, 0.25) is 0 Å². The van der Waals surface area contributed by atoms with Gasteiger partial charge in [0.1, 0.15) is 16.5 Å². The number of hydrogen-bond acceptors (Lipinski definition) is 3. The van der Waals surface area contributed by atoms with Gasteiger partial charge in [-0.2, -0.15) is 5.26 Å². The van der Waals surface area contributed by atoms with E-state index in [-0.39, 0.29) is 12.2 Å². The Morgan fingerprint density at radius 3 is 2.67 bits per heavy atom. The van der Waals surface area contributed by atoms with Crippen LogP contribution in [0.15, 0.2) is 10.9 Å². The van der Waals surface area contributed by atoms with Crippen LogP contribution in [0.25, 0.3) is 0 Å². The second-order valence-corrected chi connectivity index (χ2v) is 3.99. The molecular weight excluding hydrogens is 239 g/mol. The molecular formula is C9H8Cl2N2O2. The lowest BCUT2D eigenvalue weighted by atomic mass is 10.1. The van der Waals surface area contributed by atoms with Crippen LogP contribution in [0.1, 0.15) is 21.7 Å². The van der Waals surface area contributed by atoms with E-state index in [1.807, 2.05) is 0 Å². The first kappa shape index (κ1) is 12.1. The molecule has 1 aromatic heterocycles. The molecule has 1 rings (SSSR count). The lowest BCUT2D eigenvalue weighted by molar-refractivity contribution is 0.269. The number of aromatic nitrogens is 1. The minimum Gasteiger partial charge on any atom is -0.390 e. The van der Waals surface area contributed by atoms with Gasteiger partial charge in [-0.1, -0.05) is 23.2 Å². The van der Waals surface area contributed by atoms with Gasteiger partial charge in [0.2, 0.25) is 0 Å². The molecule has 0 aliphatic rings. The van der Waals surface area contributed by atoms with Gasteiger partial charge >= 0.3 is 0 Å². The monoisotopic (exact) mass is 246 g/mol. The Labute approximate surface area is 96.3 Å². The molecule has 0 saturated heterocycles. The third kappa shape index (κ3) is 2.15. The van der Waals surface area contributed by atoms with E-state index in [1.54, 1.807) is 6.07 Å².